The van der Waals surface area contributed by atoms with Crippen molar-refractivity contribution >= 4 is 51.4 Å². The maximum absolute atomic E-state index is 12.5. The van der Waals surface area contributed by atoms with Gasteiger partial charge in [-0.1, -0.05) is 24.3 Å². The summed E-state index contributed by atoms with van der Waals surface area (Å²) in [6, 6.07) is 13.7. The van der Waals surface area contributed by atoms with Crippen LogP contribution in [0.1, 0.15) is 16.7 Å². The summed E-state index contributed by atoms with van der Waals surface area (Å²) in [4.78, 5) is 28.9. The molecular weight excluding hydrogens is 384 g/mol. The largest absolute Gasteiger partial charge is 0.368 e. The Morgan fingerprint density at radius 3 is 2.76 bits per heavy atom. The number of para-hydroxylation sites is 1. The lowest BCUT2D eigenvalue weighted by atomic mass is 10.1. The maximum atomic E-state index is 12.5. The number of nitrogens with one attached hydrogen (secondary N) is 1. The van der Waals surface area contributed by atoms with Gasteiger partial charge in [0.25, 0.3) is 5.91 Å². The van der Waals surface area contributed by atoms with E-state index in [0.717, 1.165) is 27.7 Å². The van der Waals surface area contributed by atoms with Crippen LogP contribution < -0.4 is 11.1 Å². The standard InChI is InChI=1S/C22H20N4O2S/c1-13-7-8-16(9-14(13)2)24-22-25-21(28)19(29-22)10-15-11-26(12-20(23)27)18-6-4-3-5-17(15)18/h3-11H,12H2,1-2H3,(H2,23,27)(H,24,25,28). The molecule has 2 amide bonds. The molecule has 0 aliphatic carbocycles. The predicted octanol–water partition coefficient (Wildman–Crippen LogP) is 3.64. The molecule has 1 fully saturated rings. The van der Waals surface area contributed by atoms with E-state index in [1.54, 1.807) is 4.57 Å². The number of hydrogen-bond donors (Lipinski definition) is 2. The van der Waals surface area contributed by atoms with Crippen LogP contribution in [-0.4, -0.2) is 21.5 Å². The zero-order chi connectivity index (χ0) is 20.5. The van der Waals surface area contributed by atoms with Crippen molar-refractivity contribution < 1.29 is 9.59 Å². The molecular formula is C22H20N4O2S. The summed E-state index contributed by atoms with van der Waals surface area (Å²) in [5, 5.41) is 4.32. The van der Waals surface area contributed by atoms with E-state index in [1.807, 2.05) is 68.6 Å². The Kier molecular flexibility index (Phi) is 4.98. The van der Waals surface area contributed by atoms with Crippen LogP contribution in [0.25, 0.3) is 17.0 Å². The van der Waals surface area contributed by atoms with Crippen LogP contribution in [-0.2, 0) is 16.1 Å². The van der Waals surface area contributed by atoms with E-state index in [1.165, 1.54) is 17.3 Å². The highest BCUT2D eigenvalue weighted by atomic mass is 32.2. The van der Waals surface area contributed by atoms with Crippen molar-refractivity contribution in [1.82, 2.24) is 9.88 Å². The molecule has 6 nitrogen and oxygen atoms in total. The van der Waals surface area contributed by atoms with Gasteiger partial charge in [0.15, 0.2) is 5.17 Å². The smallest absolute Gasteiger partial charge is 0.264 e. The number of thioether (sulfide) groups is 1. The Balaban J connectivity index is 1.67. The Morgan fingerprint density at radius 2 is 2.00 bits per heavy atom. The van der Waals surface area contributed by atoms with Gasteiger partial charge in [-0.05, 0) is 61.0 Å². The average molecular weight is 404 g/mol. The second-order valence-electron chi connectivity index (χ2n) is 6.95. The third-order valence-corrected chi connectivity index (χ3v) is 5.71. The van der Waals surface area contributed by atoms with Crippen LogP contribution in [0.2, 0.25) is 0 Å². The molecule has 29 heavy (non-hydrogen) atoms. The lowest BCUT2D eigenvalue weighted by molar-refractivity contribution is -0.118. The van der Waals surface area contributed by atoms with E-state index in [4.69, 9.17) is 5.73 Å². The number of primary amides is 1. The molecule has 0 atom stereocenters. The van der Waals surface area contributed by atoms with Crippen LogP contribution in [0.4, 0.5) is 5.69 Å². The molecule has 146 valence electrons. The molecule has 0 bridgehead atoms. The second kappa shape index (κ2) is 7.60. The van der Waals surface area contributed by atoms with E-state index < -0.39 is 5.91 Å². The Labute approximate surface area is 172 Å². The number of carbonyl (C=O) groups excluding carboxylic acids is 2. The molecule has 1 saturated heterocycles. The summed E-state index contributed by atoms with van der Waals surface area (Å²) in [6.07, 6.45) is 3.66. The van der Waals surface area contributed by atoms with Gasteiger partial charge in [0.2, 0.25) is 5.91 Å². The van der Waals surface area contributed by atoms with Gasteiger partial charge < -0.3 is 15.6 Å². The van der Waals surface area contributed by atoms with Crippen LogP contribution in [0.15, 0.2) is 58.6 Å². The summed E-state index contributed by atoms with van der Waals surface area (Å²) >= 11 is 1.30. The number of benzene rings is 2. The lowest BCUT2D eigenvalue weighted by Crippen LogP contribution is -2.19. The zero-order valence-electron chi connectivity index (χ0n) is 16.1. The predicted molar refractivity (Wildman–Crippen MR) is 118 cm³/mol. The quantitative estimate of drug-likeness (QED) is 0.651. The van der Waals surface area contributed by atoms with Crippen molar-refractivity contribution in [1.29, 1.82) is 0 Å². The summed E-state index contributed by atoms with van der Waals surface area (Å²) in [6.45, 7) is 4.17. The van der Waals surface area contributed by atoms with Crippen LogP contribution in [0.5, 0.6) is 0 Å². The number of nitrogens with zero attached hydrogens (tertiary/aromatic N) is 2. The van der Waals surface area contributed by atoms with Crippen molar-refractivity contribution in [2.24, 2.45) is 10.7 Å². The molecule has 1 aliphatic rings. The van der Waals surface area contributed by atoms with Crippen LogP contribution in [0.3, 0.4) is 0 Å². The first-order valence-corrected chi connectivity index (χ1v) is 9.95. The molecule has 0 radical (unpaired) electrons. The van der Waals surface area contributed by atoms with Crippen molar-refractivity contribution in [3.05, 3.63) is 70.3 Å². The number of amides is 2. The molecule has 2 heterocycles. The highest BCUT2D eigenvalue weighted by Gasteiger charge is 2.24. The molecule has 0 saturated carbocycles. The highest BCUT2D eigenvalue weighted by molar-refractivity contribution is 8.18. The number of carbonyl (C=O) groups is 2. The minimum atomic E-state index is -0.416. The summed E-state index contributed by atoms with van der Waals surface area (Å²) in [5.74, 6) is -0.606. The first-order chi connectivity index (χ1) is 13.9. The molecule has 3 N–H and O–H groups in total. The number of hydrogen-bond acceptors (Lipinski definition) is 4. The number of nitrogens with two attached hydrogens (primary N) is 1. The minimum absolute atomic E-state index is 0.0858. The molecule has 3 aromatic rings. The number of rotatable bonds is 4. The van der Waals surface area contributed by atoms with Gasteiger partial charge in [-0.25, -0.2) is 4.99 Å². The second-order valence-corrected chi connectivity index (χ2v) is 7.98. The van der Waals surface area contributed by atoms with Crippen LogP contribution >= 0.6 is 11.8 Å². The average Bonchev–Trinajstić information content (AvgIpc) is 3.19. The topological polar surface area (TPSA) is 89.5 Å². The van der Waals surface area contributed by atoms with Gasteiger partial charge in [-0.2, -0.15) is 0 Å². The van der Waals surface area contributed by atoms with E-state index in [2.05, 4.69) is 10.3 Å². The third-order valence-electron chi connectivity index (χ3n) is 4.80. The Hall–Kier alpha value is -3.32. The van der Waals surface area contributed by atoms with Crippen molar-refractivity contribution in [2.75, 3.05) is 0 Å². The monoisotopic (exact) mass is 404 g/mol. The third kappa shape index (κ3) is 3.95. The van der Waals surface area contributed by atoms with E-state index in [0.29, 0.717) is 10.1 Å². The minimum Gasteiger partial charge on any atom is -0.368 e. The molecule has 0 spiro atoms. The normalized spacial score (nSPS) is 16.7. The zero-order valence-corrected chi connectivity index (χ0v) is 16.9. The SMILES string of the molecule is Cc1ccc(N=C2NC(=O)C(=Cc3cn(CC(N)=O)c4ccccc34)S2)cc1C. The van der Waals surface area contributed by atoms with E-state index in [-0.39, 0.29) is 12.5 Å². The van der Waals surface area contributed by atoms with Gasteiger partial charge in [-0.3, -0.25) is 9.59 Å². The molecule has 2 aromatic carbocycles. The van der Waals surface area contributed by atoms with Gasteiger partial charge in [0.1, 0.15) is 6.54 Å². The van der Waals surface area contributed by atoms with Gasteiger partial charge in [0.05, 0.1) is 10.6 Å². The number of aromatic nitrogens is 1. The summed E-state index contributed by atoms with van der Waals surface area (Å²) in [5.41, 5.74) is 10.3. The fraction of sp³-hybridized carbons (Fsp3) is 0.136. The number of amidine groups is 1. The number of fused-ring (bicyclic) bond motifs is 1. The molecule has 4 rings (SSSR count). The fourth-order valence-electron chi connectivity index (χ4n) is 3.22. The van der Waals surface area contributed by atoms with Gasteiger partial charge in [0, 0.05) is 22.7 Å². The number of aryl methyl sites for hydroxylation is 2. The van der Waals surface area contributed by atoms with Gasteiger partial charge in [-0.15, -0.1) is 0 Å². The molecule has 1 aromatic heterocycles. The van der Waals surface area contributed by atoms with E-state index >= 15 is 0 Å². The summed E-state index contributed by atoms with van der Waals surface area (Å²) < 4.78 is 1.80. The van der Waals surface area contributed by atoms with Gasteiger partial charge >= 0.3 is 0 Å². The lowest BCUT2D eigenvalue weighted by Gasteiger charge is -2.01. The Morgan fingerprint density at radius 1 is 1.21 bits per heavy atom. The molecule has 7 heteroatoms. The summed E-state index contributed by atoms with van der Waals surface area (Å²) in [7, 11) is 0. The first-order valence-electron chi connectivity index (χ1n) is 9.14. The highest BCUT2D eigenvalue weighted by Crippen LogP contribution is 2.31. The molecule has 1 aliphatic heterocycles. The molecule has 0 unspecified atom stereocenters. The maximum Gasteiger partial charge on any atom is 0.264 e. The Bertz CT molecular complexity index is 1210. The van der Waals surface area contributed by atoms with Crippen molar-refractivity contribution in [3.63, 3.8) is 0 Å². The fourth-order valence-corrected chi connectivity index (χ4v) is 4.06. The van der Waals surface area contributed by atoms with Crippen molar-refractivity contribution in [3.8, 4) is 0 Å². The van der Waals surface area contributed by atoms with E-state index in [9.17, 15) is 9.59 Å². The van der Waals surface area contributed by atoms with Crippen molar-refractivity contribution in [2.45, 2.75) is 20.4 Å². The van der Waals surface area contributed by atoms with Crippen LogP contribution in [0, 0.1) is 13.8 Å². The number of aliphatic imine (C=N–C) groups is 1. The first kappa shape index (κ1) is 19.0.